The molecule has 1 aromatic rings. The largest absolute Gasteiger partial charge is 0.481 e. The number of rotatable bonds is 5. The van der Waals surface area contributed by atoms with Gasteiger partial charge < -0.3 is 5.11 Å². The monoisotopic (exact) mass is 277 g/mol. The summed E-state index contributed by atoms with van der Waals surface area (Å²) >= 11 is 0. The normalized spacial score (nSPS) is 17.6. The van der Waals surface area contributed by atoms with Crippen molar-refractivity contribution in [2.45, 2.75) is 44.9 Å². The first-order chi connectivity index (χ1) is 9.51. The number of aliphatic carboxylic acids is 1. The van der Waals surface area contributed by atoms with Crippen LogP contribution in [0.2, 0.25) is 0 Å². The maximum Gasteiger partial charge on any atom is 0.303 e. The predicted molar refractivity (Wildman–Crippen MR) is 74.6 cm³/mol. The van der Waals surface area contributed by atoms with Gasteiger partial charge in [-0.05, 0) is 30.2 Å². The molecule has 1 aliphatic carbocycles. The van der Waals surface area contributed by atoms with E-state index in [2.05, 4.69) is 0 Å². The second kappa shape index (κ2) is 6.03. The molecule has 0 atom stereocenters. The van der Waals surface area contributed by atoms with E-state index in [1.165, 1.54) is 6.07 Å². The van der Waals surface area contributed by atoms with E-state index in [0.717, 1.165) is 37.7 Å². The molecule has 2 rings (SSSR count). The first-order valence-corrected chi connectivity index (χ1v) is 6.96. The molecule has 0 amide bonds. The average molecular weight is 277 g/mol. The second-order valence-electron chi connectivity index (χ2n) is 5.73. The third-order valence-electron chi connectivity index (χ3n) is 4.14. The highest BCUT2D eigenvalue weighted by Crippen LogP contribution is 2.42. The number of nitro groups is 1. The Morgan fingerprint density at radius 1 is 1.30 bits per heavy atom. The molecule has 0 bridgehead atoms. The molecule has 108 valence electrons. The van der Waals surface area contributed by atoms with E-state index in [-0.39, 0.29) is 17.5 Å². The fourth-order valence-corrected chi connectivity index (χ4v) is 3.25. The van der Waals surface area contributed by atoms with Crippen molar-refractivity contribution in [2.75, 3.05) is 0 Å². The van der Waals surface area contributed by atoms with Crippen molar-refractivity contribution >= 4 is 11.7 Å². The van der Waals surface area contributed by atoms with Gasteiger partial charge >= 0.3 is 5.97 Å². The Balaban J connectivity index is 2.20. The van der Waals surface area contributed by atoms with Gasteiger partial charge in [-0.15, -0.1) is 0 Å². The third-order valence-corrected chi connectivity index (χ3v) is 4.14. The maximum absolute atomic E-state index is 11.1. The molecule has 20 heavy (non-hydrogen) atoms. The van der Waals surface area contributed by atoms with Crippen LogP contribution in [0.5, 0.6) is 0 Å². The quantitative estimate of drug-likeness (QED) is 0.659. The zero-order chi connectivity index (χ0) is 14.6. The fraction of sp³-hybridized carbons (Fsp3) is 0.533. The summed E-state index contributed by atoms with van der Waals surface area (Å²) in [6.45, 7) is 0. The van der Waals surface area contributed by atoms with E-state index in [9.17, 15) is 14.9 Å². The molecule has 0 radical (unpaired) electrons. The number of nitrogens with zero attached hydrogens (tertiary/aromatic N) is 1. The van der Waals surface area contributed by atoms with Gasteiger partial charge in [-0.3, -0.25) is 14.9 Å². The van der Waals surface area contributed by atoms with E-state index >= 15 is 0 Å². The van der Waals surface area contributed by atoms with E-state index in [1.54, 1.807) is 12.1 Å². The lowest BCUT2D eigenvalue weighted by atomic mass is 9.68. The second-order valence-corrected chi connectivity index (χ2v) is 5.73. The summed E-state index contributed by atoms with van der Waals surface area (Å²) in [6, 6.07) is 6.56. The summed E-state index contributed by atoms with van der Waals surface area (Å²) in [6.07, 6.45) is 5.78. The molecule has 1 saturated carbocycles. The van der Waals surface area contributed by atoms with Gasteiger partial charge in [-0.1, -0.05) is 31.4 Å². The van der Waals surface area contributed by atoms with Crippen molar-refractivity contribution < 1.29 is 14.8 Å². The van der Waals surface area contributed by atoms with Crippen LogP contribution in [-0.4, -0.2) is 16.0 Å². The zero-order valence-electron chi connectivity index (χ0n) is 11.4. The van der Waals surface area contributed by atoms with Crippen molar-refractivity contribution in [3.8, 4) is 0 Å². The summed E-state index contributed by atoms with van der Waals surface area (Å²) < 4.78 is 0. The van der Waals surface area contributed by atoms with Crippen LogP contribution >= 0.6 is 0 Å². The SMILES string of the molecule is O=C(O)CC1(Cc2cccc([N+](=O)[O-])c2)CCCCC1. The molecular weight excluding hydrogens is 258 g/mol. The molecule has 5 nitrogen and oxygen atoms in total. The Kier molecular flexibility index (Phi) is 4.37. The summed E-state index contributed by atoms with van der Waals surface area (Å²) in [5.41, 5.74) is 0.699. The lowest BCUT2D eigenvalue weighted by molar-refractivity contribution is -0.384. The molecule has 0 spiro atoms. The van der Waals surface area contributed by atoms with Crippen molar-refractivity contribution in [2.24, 2.45) is 5.41 Å². The first kappa shape index (κ1) is 14.5. The molecule has 0 aliphatic heterocycles. The number of carbonyl (C=O) groups is 1. The van der Waals surface area contributed by atoms with E-state index < -0.39 is 10.9 Å². The van der Waals surface area contributed by atoms with Gasteiger partial charge in [0.1, 0.15) is 0 Å². The standard InChI is InChI=1S/C15H19NO4/c17-14(18)11-15(7-2-1-3-8-15)10-12-5-4-6-13(9-12)16(19)20/h4-6,9H,1-3,7-8,10-11H2,(H,17,18). The molecule has 0 unspecified atom stereocenters. The Bertz CT molecular complexity index is 506. The van der Waals surface area contributed by atoms with Crippen LogP contribution in [0.15, 0.2) is 24.3 Å². The van der Waals surface area contributed by atoms with Crippen molar-refractivity contribution in [3.05, 3.63) is 39.9 Å². The number of nitro benzene ring substituents is 1. The maximum atomic E-state index is 11.1. The number of carboxylic acid groups (broad SMARTS) is 1. The molecule has 1 fully saturated rings. The van der Waals surface area contributed by atoms with Crippen molar-refractivity contribution in [1.29, 1.82) is 0 Å². The number of hydrogen-bond acceptors (Lipinski definition) is 3. The van der Waals surface area contributed by atoms with Crippen LogP contribution in [0.1, 0.15) is 44.1 Å². The molecule has 1 aromatic carbocycles. The van der Waals surface area contributed by atoms with Crippen LogP contribution in [0.25, 0.3) is 0 Å². The Hall–Kier alpha value is -1.91. The highest BCUT2D eigenvalue weighted by atomic mass is 16.6. The van der Waals surface area contributed by atoms with Crippen LogP contribution in [0.3, 0.4) is 0 Å². The molecule has 1 aliphatic rings. The number of benzene rings is 1. The number of non-ortho nitro benzene ring substituents is 1. The van der Waals surface area contributed by atoms with Gasteiger partial charge in [-0.25, -0.2) is 0 Å². The molecule has 1 N–H and O–H groups in total. The van der Waals surface area contributed by atoms with Gasteiger partial charge in [0.15, 0.2) is 0 Å². The zero-order valence-corrected chi connectivity index (χ0v) is 11.4. The molecule has 0 heterocycles. The van der Waals surface area contributed by atoms with Gasteiger partial charge in [0.05, 0.1) is 11.3 Å². The van der Waals surface area contributed by atoms with Crippen molar-refractivity contribution in [3.63, 3.8) is 0 Å². The van der Waals surface area contributed by atoms with Gasteiger partial charge in [0.2, 0.25) is 0 Å². The minimum absolute atomic E-state index is 0.0729. The highest BCUT2D eigenvalue weighted by molar-refractivity contribution is 5.67. The third kappa shape index (κ3) is 3.56. The summed E-state index contributed by atoms with van der Waals surface area (Å²) in [5.74, 6) is -0.780. The van der Waals surface area contributed by atoms with Gasteiger partial charge in [-0.2, -0.15) is 0 Å². The predicted octanol–water partition coefficient (Wildman–Crippen LogP) is 3.56. The molecule has 0 aromatic heterocycles. The summed E-state index contributed by atoms with van der Waals surface area (Å²) in [4.78, 5) is 21.5. The topological polar surface area (TPSA) is 80.4 Å². The average Bonchev–Trinajstić information content (AvgIpc) is 2.38. The Morgan fingerprint density at radius 2 is 2.00 bits per heavy atom. The lowest BCUT2D eigenvalue weighted by Gasteiger charge is -2.36. The van der Waals surface area contributed by atoms with Crippen LogP contribution in [0, 0.1) is 15.5 Å². The minimum Gasteiger partial charge on any atom is -0.481 e. The minimum atomic E-state index is -0.780. The molecule has 0 saturated heterocycles. The van der Waals surface area contributed by atoms with Crippen molar-refractivity contribution in [1.82, 2.24) is 0 Å². The van der Waals surface area contributed by atoms with Crippen LogP contribution < -0.4 is 0 Å². The summed E-state index contributed by atoms with van der Waals surface area (Å²) in [7, 11) is 0. The first-order valence-electron chi connectivity index (χ1n) is 6.96. The summed E-state index contributed by atoms with van der Waals surface area (Å²) in [5, 5.41) is 20.0. The Morgan fingerprint density at radius 3 is 2.60 bits per heavy atom. The Labute approximate surface area is 117 Å². The lowest BCUT2D eigenvalue weighted by Crippen LogP contribution is -2.29. The molecule has 5 heteroatoms. The highest BCUT2D eigenvalue weighted by Gasteiger charge is 2.34. The van der Waals surface area contributed by atoms with Gasteiger partial charge in [0.25, 0.3) is 5.69 Å². The van der Waals surface area contributed by atoms with E-state index in [1.807, 2.05) is 6.07 Å². The fourth-order valence-electron chi connectivity index (χ4n) is 3.25. The van der Waals surface area contributed by atoms with E-state index in [0.29, 0.717) is 6.42 Å². The van der Waals surface area contributed by atoms with Crippen LogP contribution in [0.4, 0.5) is 5.69 Å². The van der Waals surface area contributed by atoms with E-state index in [4.69, 9.17) is 5.11 Å². The van der Waals surface area contributed by atoms with Gasteiger partial charge in [0, 0.05) is 12.1 Å². The van der Waals surface area contributed by atoms with Crippen LogP contribution in [-0.2, 0) is 11.2 Å². The number of hydrogen-bond donors (Lipinski definition) is 1. The smallest absolute Gasteiger partial charge is 0.303 e. The molecular formula is C15H19NO4. The number of carboxylic acids is 1.